The van der Waals surface area contributed by atoms with Crippen molar-refractivity contribution in [2.24, 2.45) is 0 Å². The van der Waals surface area contributed by atoms with Gasteiger partial charge in [0.05, 0.1) is 31.2 Å². The number of carbonyl (C=O) groups is 1. The first-order valence-corrected chi connectivity index (χ1v) is 12.9. The maximum Gasteiger partial charge on any atom is 0.303 e. The molecule has 0 amide bonds. The Kier molecular flexibility index (Phi) is 7.84. The standard InChI is InChI=1S/C29H30O5S/c1-20(30)34-27-25(32-18-22-13-7-3-8-14-22)24(31-17-21-11-5-2-6-12-21)26(28-29(27)35-28)33-19-23-15-9-4-10-16-23/h2-16,24-29H,17-19H2,1H3/t24-,25-,26+,27+,28+,29-/m0/s1. The molecule has 2 fully saturated rings. The van der Waals surface area contributed by atoms with Crippen LogP contribution in [0.15, 0.2) is 91.0 Å². The van der Waals surface area contributed by atoms with Gasteiger partial charge in [0.2, 0.25) is 0 Å². The fraction of sp³-hybridized carbons (Fsp3) is 0.345. The summed E-state index contributed by atoms with van der Waals surface area (Å²) in [5, 5.41) is 0.331. The minimum absolute atomic E-state index is 0.136. The van der Waals surface area contributed by atoms with Gasteiger partial charge in [0.25, 0.3) is 0 Å². The molecule has 0 aromatic heterocycles. The van der Waals surface area contributed by atoms with Crippen LogP contribution in [0.3, 0.4) is 0 Å². The Morgan fingerprint density at radius 3 is 1.40 bits per heavy atom. The SMILES string of the molecule is CC(=O)O[C@@H]1[C@@H](OCc2ccccc2)[C@H](OCc2ccccc2)[C@@H](OCc2ccccc2)[C@H]2S[C@@H]12. The summed E-state index contributed by atoms with van der Waals surface area (Å²) < 4.78 is 25.3. The Morgan fingerprint density at radius 2 is 0.971 bits per heavy atom. The lowest BCUT2D eigenvalue weighted by atomic mass is 9.88. The Hall–Kier alpha value is -2.64. The van der Waals surface area contributed by atoms with Crippen molar-refractivity contribution in [3.63, 3.8) is 0 Å². The minimum Gasteiger partial charge on any atom is -0.458 e. The zero-order valence-corrected chi connectivity index (χ0v) is 20.5. The van der Waals surface area contributed by atoms with Crippen LogP contribution in [0.5, 0.6) is 0 Å². The summed E-state index contributed by atoms with van der Waals surface area (Å²) in [6, 6.07) is 30.2. The molecule has 1 saturated heterocycles. The largest absolute Gasteiger partial charge is 0.458 e. The van der Waals surface area contributed by atoms with Gasteiger partial charge in [-0.25, -0.2) is 0 Å². The number of thioether (sulfide) groups is 1. The van der Waals surface area contributed by atoms with Gasteiger partial charge in [-0.15, -0.1) is 11.8 Å². The lowest BCUT2D eigenvalue weighted by molar-refractivity contribution is -0.203. The quantitative estimate of drug-likeness (QED) is 0.289. The van der Waals surface area contributed by atoms with Gasteiger partial charge in [-0.3, -0.25) is 4.79 Å². The van der Waals surface area contributed by atoms with E-state index in [0.29, 0.717) is 19.8 Å². The molecular formula is C29H30O5S. The number of rotatable bonds is 10. The predicted octanol–water partition coefficient (Wildman–Crippen LogP) is 5.17. The first-order valence-electron chi connectivity index (χ1n) is 12.0. The molecule has 3 aromatic rings. The van der Waals surface area contributed by atoms with Crippen LogP contribution >= 0.6 is 11.8 Å². The second-order valence-electron chi connectivity index (χ2n) is 8.92. The molecule has 6 heteroatoms. The molecule has 2 aliphatic rings. The number of esters is 1. The molecule has 3 aromatic carbocycles. The molecule has 1 saturated carbocycles. The van der Waals surface area contributed by atoms with Gasteiger partial charge in [-0.05, 0) is 16.7 Å². The molecule has 6 atom stereocenters. The van der Waals surface area contributed by atoms with Crippen molar-refractivity contribution in [3.8, 4) is 0 Å². The molecule has 0 spiro atoms. The Morgan fingerprint density at radius 1 is 0.600 bits per heavy atom. The molecule has 182 valence electrons. The van der Waals surface area contributed by atoms with Crippen LogP contribution in [0.1, 0.15) is 23.6 Å². The third-order valence-corrected chi connectivity index (χ3v) is 7.78. The van der Waals surface area contributed by atoms with Gasteiger partial charge in [0.15, 0.2) is 0 Å². The normalized spacial score (nSPS) is 27.1. The van der Waals surface area contributed by atoms with E-state index in [1.165, 1.54) is 6.92 Å². The van der Waals surface area contributed by atoms with E-state index in [1.807, 2.05) is 78.9 Å². The van der Waals surface area contributed by atoms with E-state index >= 15 is 0 Å². The summed E-state index contributed by atoms with van der Waals surface area (Å²) in [7, 11) is 0. The molecule has 1 heterocycles. The van der Waals surface area contributed by atoms with E-state index in [1.54, 1.807) is 11.8 Å². The maximum atomic E-state index is 12.0. The van der Waals surface area contributed by atoms with Crippen LogP contribution in [0.2, 0.25) is 0 Å². The Balaban J connectivity index is 1.39. The third-order valence-electron chi connectivity index (χ3n) is 6.34. The van der Waals surface area contributed by atoms with Crippen LogP contribution in [-0.4, -0.2) is 40.9 Å². The molecule has 0 unspecified atom stereocenters. The lowest BCUT2D eigenvalue weighted by Gasteiger charge is -2.40. The molecule has 1 aliphatic heterocycles. The molecule has 5 nitrogen and oxygen atoms in total. The van der Waals surface area contributed by atoms with Crippen molar-refractivity contribution in [2.75, 3.05) is 0 Å². The zero-order valence-electron chi connectivity index (χ0n) is 19.7. The summed E-state index contributed by atoms with van der Waals surface area (Å²) in [4.78, 5) is 12.0. The number of carbonyl (C=O) groups excluding carboxylic acids is 1. The van der Waals surface area contributed by atoms with Gasteiger partial charge < -0.3 is 18.9 Å². The summed E-state index contributed by atoms with van der Waals surface area (Å²) in [6.45, 7) is 2.77. The molecule has 35 heavy (non-hydrogen) atoms. The van der Waals surface area contributed by atoms with Gasteiger partial charge in [0, 0.05) is 12.2 Å². The number of hydrogen-bond acceptors (Lipinski definition) is 6. The average Bonchev–Trinajstić information content (AvgIpc) is 3.69. The fourth-order valence-corrected chi connectivity index (χ4v) is 5.94. The molecule has 0 N–H and O–H groups in total. The van der Waals surface area contributed by atoms with Crippen molar-refractivity contribution < 1.29 is 23.7 Å². The number of ether oxygens (including phenoxy) is 4. The highest BCUT2D eigenvalue weighted by Gasteiger charge is 2.63. The van der Waals surface area contributed by atoms with Crippen molar-refractivity contribution in [1.29, 1.82) is 0 Å². The van der Waals surface area contributed by atoms with Crippen LogP contribution in [0.25, 0.3) is 0 Å². The van der Waals surface area contributed by atoms with Crippen molar-refractivity contribution in [2.45, 2.75) is 61.7 Å². The van der Waals surface area contributed by atoms with Crippen molar-refractivity contribution in [3.05, 3.63) is 108 Å². The van der Waals surface area contributed by atoms with Crippen LogP contribution < -0.4 is 0 Å². The highest BCUT2D eigenvalue weighted by molar-refractivity contribution is 8.07. The maximum absolute atomic E-state index is 12.0. The van der Waals surface area contributed by atoms with Gasteiger partial charge in [-0.1, -0.05) is 91.0 Å². The minimum atomic E-state index is -0.445. The Labute approximate surface area is 210 Å². The zero-order chi connectivity index (χ0) is 24.0. The van der Waals surface area contributed by atoms with E-state index in [9.17, 15) is 4.79 Å². The van der Waals surface area contributed by atoms with Gasteiger partial charge in [-0.2, -0.15) is 0 Å². The lowest BCUT2D eigenvalue weighted by Crippen LogP contribution is -2.58. The summed E-state index contributed by atoms with van der Waals surface area (Å²) >= 11 is 1.78. The monoisotopic (exact) mass is 490 g/mol. The summed E-state index contributed by atoms with van der Waals surface area (Å²) in [6.07, 6.45) is -1.40. The van der Waals surface area contributed by atoms with Crippen molar-refractivity contribution >= 4 is 17.7 Å². The third kappa shape index (κ3) is 6.14. The van der Waals surface area contributed by atoms with Gasteiger partial charge in [0.1, 0.15) is 18.3 Å². The first-order chi connectivity index (χ1) is 17.2. The topological polar surface area (TPSA) is 54.0 Å². The van der Waals surface area contributed by atoms with Crippen LogP contribution in [0.4, 0.5) is 0 Å². The predicted molar refractivity (Wildman–Crippen MR) is 136 cm³/mol. The van der Waals surface area contributed by atoms with Crippen molar-refractivity contribution in [1.82, 2.24) is 0 Å². The Bertz CT molecular complexity index is 1080. The molecular weight excluding hydrogens is 460 g/mol. The van der Waals surface area contributed by atoms with Crippen LogP contribution in [-0.2, 0) is 43.6 Å². The van der Waals surface area contributed by atoms with E-state index < -0.39 is 6.10 Å². The first kappa shape index (κ1) is 24.1. The number of hydrogen-bond donors (Lipinski definition) is 0. The second kappa shape index (κ2) is 11.4. The smallest absolute Gasteiger partial charge is 0.303 e. The summed E-state index contributed by atoms with van der Waals surface area (Å²) in [5.41, 5.74) is 3.24. The van der Waals surface area contributed by atoms with Crippen LogP contribution in [0, 0.1) is 0 Å². The molecule has 5 rings (SSSR count). The highest BCUT2D eigenvalue weighted by Crippen LogP contribution is 2.54. The highest BCUT2D eigenvalue weighted by atomic mass is 32.2. The van der Waals surface area contributed by atoms with E-state index in [4.69, 9.17) is 18.9 Å². The summed E-state index contributed by atoms with van der Waals surface area (Å²) in [5.74, 6) is -0.306. The second-order valence-corrected chi connectivity index (χ2v) is 10.3. The molecule has 0 radical (unpaired) electrons. The number of benzene rings is 3. The van der Waals surface area contributed by atoms with E-state index in [2.05, 4.69) is 12.1 Å². The average molecular weight is 491 g/mol. The molecule has 1 aliphatic carbocycles. The molecule has 0 bridgehead atoms. The number of fused-ring (bicyclic) bond motifs is 1. The van der Waals surface area contributed by atoms with E-state index in [-0.39, 0.29) is 34.8 Å². The van der Waals surface area contributed by atoms with Gasteiger partial charge >= 0.3 is 5.97 Å². The van der Waals surface area contributed by atoms with E-state index in [0.717, 1.165) is 16.7 Å². The fourth-order valence-electron chi connectivity index (χ4n) is 4.61.